The third-order valence-electron chi connectivity index (χ3n) is 5.89. The number of unbranched alkanes of at least 4 members (excludes halogenated alkanes) is 1. The molecule has 0 aliphatic rings. The first-order valence-electron chi connectivity index (χ1n) is 11.6. The van der Waals surface area contributed by atoms with E-state index in [-0.39, 0.29) is 12.8 Å². The van der Waals surface area contributed by atoms with Crippen molar-refractivity contribution in [2.45, 2.75) is 55.1 Å². The van der Waals surface area contributed by atoms with E-state index < -0.39 is 53.4 Å². The molecule has 40 heavy (non-hydrogen) atoms. The Morgan fingerprint density at radius 3 is 1.27 bits per heavy atom. The van der Waals surface area contributed by atoms with Crippen LogP contribution in [-0.2, 0) is 31.1 Å². The lowest BCUT2D eigenvalue weighted by Gasteiger charge is -2.29. The molecule has 0 unspecified atom stereocenters. The van der Waals surface area contributed by atoms with Gasteiger partial charge in [0.2, 0.25) is 0 Å². The van der Waals surface area contributed by atoms with E-state index >= 15 is 0 Å². The van der Waals surface area contributed by atoms with Gasteiger partial charge in [0, 0.05) is 12.1 Å². The predicted octanol–water partition coefficient (Wildman–Crippen LogP) is 1.99. The highest BCUT2D eigenvalue weighted by atomic mass is 31.2. The van der Waals surface area contributed by atoms with Crippen molar-refractivity contribution in [1.29, 1.82) is 0 Å². The first-order valence-corrected chi connectivity index (χ1v) is 18.1. The quantitative estimate of drug-likeness (QED) is 0.0840. The molecule has 0 atom stereocenters. The average molecular weight is 649 g/mol. The first-order chi connectivity index (χ1) is 18.1. The number of hydrogen-bond donors (Lipinski definition) is 11. The normalized spacial score (nSPS) is 13.4. The van der Waals surface area contributed by atoms with E-state index in [9.17, 15) is 28.5 Å². The molecule has 15 nitrogen and oxygen atoms in total. The molecule has 0 aliphatic heterocycles. The number of hydrogen-bond acceptors (Lipinski definition) is 7. The van der Waals surface area contributed by atoms with Crippen molar-refractivity contribution in [2.75, 3.05) is 5.73 Å². The van der Waals surface area contributed by atoms with E-state index in [2.05, 4.69) is 0 Å². The SMILES string of the molecule is Nc1ccc(CCCC(O)(P(=O)(O)O)P(=O)(O)O)cc1.O=P(O)(O)C(O)(CCCCc1ccccc1)P(=O)(O)O. The summed E-state index contributed by atoms with van der Waals surface area (Å²) in [7, 11) is -21.4. The lowest BCUT2D eigenvalue weighted by atomic mass is 10.1. The van der Waals surface area contributed by atoms with Gasteiger partial charge in [-0.3, -0.25) is 18.3 Å². The minimum atomic E-state index is -5.37. The number of rotatable bonds is 13. The molecule has 0 aromatic heterocycles. The van der Waals surface area contributed by atoms with Crippen molar-refractivity contribution in [3.63, 3.8) is 0 Å². The van der Waals surface area contributed by atoms with Gasteiger partial charge in [0.1, 0.15) is 0 Å². The molecule has 0 amide bonds. The van der Waals surface area contributed by atoms with Crippen LogP contribution in [0.2, 0.25) is 0 Å². The molecule has 0 saturated heterocycles. The zero-order valence-corrected chi connectivity index (χ0v) is 24.7. The number of aryl methyl sites for hydroxylation is 2. The summed E-state index contributed by atoms with van der Waals surface area (Å²) >= 11 is 0. The minimum Gasteiger partial charge on any atom is -0.399 e. The number of aliphatic hydroxyl groups is 2. The van der Waals surface area contributed by atoms with Crippen LogP contribution in [0.4, 0.5) is 5.69 Å². The molecule has 2 rings (SSSR count). The van der Waals surface area contributed by atoms with Crippen LogP contribution in [0.5, 0.6) is 0 Å². The Labute approximate surface area is 230 Å². The molecule has 0 bridgehead atoms. The van der Waals surface area contributed by atoms with Crippen molar-refractivity contribution >= 4 is 36.1 Å². The van der Waals surface area contributed by atoms with Gasteiger partial charge in [0.05, 0.1) is 0 Å². The predicted molar refractivity (Wildman–Crippen MR) is 146 cm³/mol. The first kappa shape index (κ1) is 36.8. The fourth-order valence-corrected chi connectivity index (χ4v) is 7.98. The molecular formula is C21H35NO14P4. The van der Waals surface area contributed by atoms with Gasteiger partial charge in [-0.1, -0.05) is 42.5 Å². The number of benzene rings is 2. The summed E-state index contributed by atoms with van der Waals surface area (Å²) in [5.74, 6) is 0. The molecule has 0 aliphatic carbocycles. The number of anilines is 1. The lowest BCUT2D eigenvalue weighted by molar-refractivity contribution is 0.120. The molecule has 0 fully saturated rings. The molecular weight excluding hydrogens is 614 g/mol. The van der Waals surface area contributed by atoms with Gasteiger partial charge < -0.3 is 55.1 Å². The third kappa shape index (κ3) is 10.2. The second-order valence-electron chi connectivity index (χ2n) is 9.01. The standard InChI is InChI=1S/C11H18O7P2.C10H17NO7P2/c12-11(19(13,14)15,20(16,17)18)9-5-4-8-10-6-2-1-3-7-10;11-9-5-3-8(4-6-9)2-1-7-10(12,19(13,14)15)20(16,17)18/h1-3,6-7,12H,4-5,8-9H2,(H2,13,14,15)(H2,16,17,18);3-6,12H,1-2,7,11H2,(H2,13,14,15)(H2,16,17,18). The maximum Gasteiger partial charge on any atom is 0.369 e. The average Bonchev–Trinajstić information content (AvgIpc) is 2.81. The van der Waals surface area contributed by atoms with Gasteiger partial charge in [-0.2, -0.15) is 0 Å². The summed E-state index contributed by atoms with van der Waals surface area (Å²) in [6, 6.07) is 15.9. The smallest absolute Gasteiger partial charge is 0.369 e. The Morgan fingerprint density at radius 1 is 0.525 bits per heavy atom. The summed E-state index contributed by atoms with van der Waals surface area (Å²) in [5.41, 5.74) is 7.82. The van der Waals surface area contributed by atoms with Gasteiger partial charge in [-0.25, -0.2) is 0 Å². The fourth-order valence-electron chi connectivity index (χ4n) is 3.47. The van der Waals surface area contributed by atoms with Crippen LogP contribution >= 0.6 is 30.4 Å². The van der Waals surface area contributed by atoms with Gasteiger partial charge in [0.15, 0.2) is 0 Å². The summed E-state index contributed by atoms with van der Waals surface area (Å²) in [4.78, 5) is 71.7. The Morgan fingerprint density at radius 2 is 0.875 bits per heavy atom. The maximum absolute atomic E-state index is 11.1. The van der Waals surface area contributed by atoms with Gasteiger partial charge >= 0.3 is 30.4 Å². The van der Waals surface area contributed by atoms with Crippen LogP contribution < -0.4 is 5.73 Å². The van der Waals surface area contributed by atoms with Crippen LogP contribution in [0.15, 0.2) is 54.6 Å². The molecule has 2 aromatic rings. The largest absolute Gasteiger partial charge is 0.399 e. The van der Waals surface area contributed by atoms with Crippen molar-refractivity contribution in [3.05, 3.63) is 65.7 Å². The second kappa shape index (κ2) is 14.3. The van der Waals surface area contributed by atoms with Crippen molar-refractivity contribution < 1.29 is 67.6 Å². The maximum atomic E-state index is 11.1. The molecule has 0 heterocycles. The van der Waals surface area contributed by atoms with Crippen LogP contribution in [0.1, 0.15) is 43.2 Å². The Kier molecular flexibility index (Phi) is 13.1. The van der Waals surface area contributed by atoms with E-state index in [1.165, 1.54) is 0 Å². The molecule has 0 spiro atoms. The summed E-state index contributed by atoms with van der Waals surface area (Å²) in [5, 5.41) is 12.7. The second-order valence-corrected chi connectivity index (χ2v) is 17.0. The van der Waals surface area contributed by atoms with Crippen LogP contribution in [0.25, 0.3) is 0 Å². The zero-order valence-electron chi connectivity index (χ0n) is 21.1. The van der Waals surface area contributed by atoms with Gasteiger partial charge in [0.25, 0.3) is 10.2 Å². The summed E-state index contributed by atoms with van der Waals surface area (Å²) in [6.07, 6.45) is 0.0483. The Hall–Kier alpha value is -1.24. The molecule has 2 aromatic carbocycles. The highest BCUT2D eigenvalue weighted by molar-refractivity contribution is 7.72. The number of nitrogens with two attached hydrogens (primary N) is 1. The Bertz CT molecular complexity index is 1220. The van der Waals surface area contributed by atoms with E-state index in [0.29, 0.717) is 24.9 Å². The van der Waals surface area contributed by atoms with Crippen LogP contribution in [0.3, 0.4) is 0 Å². The van der Waals surface area contributed by atoms with Gasteiger partial charge in [-0.05, 0) is 61.8 Å². The summed E-state index contributed by atoms with van der Waals surface area (Å²) in [6.45, 7) is 0. The molecule has 0 saturated carbocycles. The summed E-state index contributed by atoms with van der Waals surface area (Å²) < 4.78 is 44.5. The van der Waals surface area contributed by atoms with Crippen molar-refractivity contribution in [2.24, 2.45) is 0 Å². The number of nitrogen functional groups attached to an aromatic ring is 1. The van der Waals surface area contributed by atoms with Gasteiger partial charge in [-0.15, -0.1) is 0 Å². The van der Waals surface area contributed by atoms with E-state index in [1.807, 2.05) is 30.3 Å². The highest BCUT2D eigenvalue weighted by Crippen LogP contribution is 2.70. The fraction of sp³-hybridized carbons (Fsp3) is 0.429. The van der Waals surface area contributed by atoms with E-state index in [4.69, 9.17) is 44.9 Å². The van der Waals surface area contributed by atoms with E-state index in [1.54, 1.807) is 24.3 Å². The molecule has 228 valence electrons. The zero-order chi connectivity index (χ0) is 31.0. The minimum absolute atomic E-state index is 0.00334. The van der Waals surface area contributed by atoms with Crippen molar-refractivity contribution in [3.8, 4) is 0 Å². The molecule has 12 N–H and O–H groups in total. The molecule has 19 heteroatoms. The lowest BCUT2D eigenvalue weighted by Crippen LogP contribution is -2.28. The third-order valence-corrected chi connectivity index (χ3v) is 13.6. The Balaban J connectivity index is 0.000000400. The van der Waals surface area contributed by atoms with Crippen molar-refractivity contribution in [1.82, 2.24) is 0 Å². The molecule has 0 radical (unpaired) electrons. The van der Waals surface area contributed by atoms with Crippen LogP contribution in [0, 0.1) is 0 Å². The highest BCUT2D eigenvalue weighted by Gasteiger charge is 2.59. The van der Waals surface area contributed by atoms with E-state index in [0.717, 1.165) is 11.1 Å². The van der Waals surface area contributed by atoms with Crippen LogP contribution in [-0.4, -0.2) is 59.5 Å². The topological polar surface area (TPSA) is 297 Å². The monoisotopic (exact) mass is 649 g/mol.